The van der Waals surface area contributed by atoms with Crippen molar-refractivity contribution in [3.05, 3.63) is 34.5 Å². The van der Waals surface area contributed by atoms with Gasteiger partial charge in [-0.3, -0.25) is 0 Å². The van der Waals surface area contributed by atoms with Gasteiger partial charge in [-0.2, -0.15) is 0 Å². The Morgan fingerprint density at radius 1 is 1.59 bits per heavy atom. The lowest BCUT2D eigenvalue weighted by Crippen LogP contribution is -2.19. The first-order valence-electron chi connectivity index (χ1n) is 5.28. The van der Waals surface area contributed by atoms with E-state index in [1.54, 1.807) is 18.2 Å². The molecule has 17 heavy (non-hydrogen) atoms. The quantitative estimate of drug-likeness (QED) is 0.785. The van der Waals surface area contributed by atoms with E-state index in [1.807, 2.05) is 6.92 Å². The predicted octanol–water partition coefficient (Wildman–Crippen LogP) is 2.41. The van der Waals surface area contributed by atoms with E-state index in [0.717, 1.165) is 10.9 Å². The Labute approximate surface area is 103 Å². The lowest BCUT2D eigenvalue weighted by atomic mass is 10.0. The number of aromatic nitrogens is 1. The molecule has 0 aliphatic heterocycles. The highest BCUT2D eigenvalue weighted by molar-refractivity contribution is 6.31. The SMILES string of the molecule is CC(N)Cc1c(C(=O)O)[nH]c2ccc(Cl)cc12. The van der Waals surface area contributed by atoms with Crippen molar-refractivity contribution in [1.82, 2.24) is 4.98 Å². The molecule has 2 rings (SSSR count). The molecule has 4 nitrogen and oxygen atoms in total. The largest absolute Gasteiger partial charge is 0.477 e. The molecule has 1 aromatic carbocycles. The summed E-state index contributed by atoms with van der Waals surface area (Å²) in [7, 11) is 0. The molecule has 2 aromatic rings. The minimum atomic E-state index is -0.979. The van der Waals surface area contributed by atoms with Crippen LogP contribution in [0.3, 0.4) is 0 Å². The van der Waals surface area contributed by atoms with Gasteiger partial charge in [-0.1, -0.05) is 11.6 Å². The fourth-order valence-corrected chi connectivity index (χ4v) is 2.11. The second-order valence-corrected chi connectivity index (χ2v) is 4.59. The molecular weight excluding hydrogens is 240 g/mol. The first kappa shape index (κ1) is 12.0. The van der Waals surface area contributed by atoms with Gasteiger partial charge in [0.2, 0.25) is 0 Å². The third-order valence-corrected chi connectivity index (χ3v) is 2.84. The summed E-state index contributed by atoms with van der Waals surface area (Å²) < 4.78 is 0. The summed E-state index contributed by atoms with van der Waals surface area (Å²) in [6.45, 7) is 1.84. The molecule has 5 heteroatoms. The number of benzene rings is 1. The molecule has 1 aromatic heterocycles. The Morgan fingerprint density at radius 2 is 2.29 bits per heavy atom. The van der Waals surface area contributed by atoms with E-state index in [-0.39, 0.29) is 11.7 Å². The van der Waals surface area contributed by atoms with E-state index in [4.69, 9.17) is 22.4 Å². The number of aromatic amines is 1. The topological polar surface area (TPSA) is 79.1 Å². The molecule has 1 heterocycles. The normalized spacial score (nSPS) is 12.9. The van der Waals surface area contributed by atoms with Crippen molar-refractivity contribution in [1.29, 1.82) is 0 Å². The van der Waals surface area contributed by atoms with E-state index in [0.29, 0.717) is 17.0 Å². The number of carboxylic acid groups (broad SMARTS) is 1. The number of nitrogens with two attached hydrogens (primary N) is 1. The molecule has 0 saturated heterocycles. The third kappa shape index (κ3) is 2.28. The summed E-state index contributed by atoms with van der Waals surface area (Å²) >= 11 is 5.92. The van der Waals surface area contributed by atoms with E-state index >= 15 is 0 Å². The summed E-state index contributed by atoms with van der Waals surface area (Å²) in [5.41, 5.74) is 7.42. The second-order valence-electron chi connectivity index (χ2n) is 4.16. The number of fused-ring (bicyclic) bond motifs is 1. The van der Waals surface area contributed by atoms with Crippen molar-refractivity contribution >= 4 is 28.5 Å². The third-order valence-electron chi connectivity index (χ3n) is 2.61. The Bertz CT molecular complexity index is 575. The number of H-pyrrole nitrogens is 1. The number of rotatable bonds is 3. The number of hydrogen-bond acceptors (Lipinski definition) is 2. The van der Waals surface area contributed by atoms with Crippen LogP contribution in [0.15, 0.2) is 18.2 Å². The summed E-state index contributed by atoms with van der Waals surface area (Å²) in [5, 5.41) is 10.6. The van der Waals surface area contributed by atoms with Gasteiger partial charge in [-0.05, 0) is 37.1 Å². The van der Waals surface area contributed by atoms with Crippen molar-refractivity contribution in [3.63, 3.8) is 0 Å². The zero-order valence-electron chi connectivity index (χ0n) is 9.33. The summed E-state index contributed by atoms with van der Waals surface area (Å²) in [4.78, 5) is 14.0. The number of aromatic carboxylic acids is 1. The Morgan fingerprint density at radius 3 is 2.88 bits per heavy atom. The van der Waals surface area contributed by atoms with Gasteiger partial charge in [0, 0.05) is 22.0 Å². The van der Waals surface area contributed by atoms with Gasteiger partial charge < -0.3 is 15.8 Å². The number of carbonyl (C=O) groups is 1. The highest BCUT2D eigenvalue weighted by Crippen LogP contribution is 2.26. The van der Waals surface area contributed by atoms with Crippen LogP contribution in [-0.4, -0.2) is 22.1 Å². The first-order valence-corrected chi connectivity index (χ1v) is 5.66. The van der Waals surface area contributed by atoms with Gasteiger partial charge in [0.25, 0.3) is 0 Å². The van der Waals surface area contributed by atoms with Gasteiger partial charge in [0.15, 0.2) is 0 Å². The molecule has 0 spiro atoms. The van der Waals surface area contributed by atoms with Crippen molar-refractivity contribution in [2.75, 3.05) is 0 Å². The number of halogens is 1. The van der Waals surface area contributed by atoms with Crippen LogP contribution in [0.2, 0.25) is 5.02 Å². The Hall–Kier alpha value is -1.52. The fraction of sp³-hybridized carbons (Fsp3) is 0.250. The minimum Gasteiger partial charge on any atom is -0.477 e. The maximum absolute atomic E-state index is 11.2. The Kier molecular flexibility index (Phi) is 3.09. The number of nitrogens with one attached hydrogen (secondary N) is 1. The van der Waals surface area contributed by atoms with E-state index in [9.17, 15) is 4.79 Å². The first-order chi connectivity index (χ1) is 7.99. The smallest absolute Gasteiger partial charge is 0.352 e. The van der Waals surface area contributed by atoms with Crippen LogP contribution in [0.1, 0.15) is 23.0 Å². The molecule has 0 aliphatic rings. The molecule has 1 unspecified atom stereocenters. The lowest BCUT2D eigenvalue weighted by molar-refractivity contribution is 0.0690. The maximum atomic E-state index is 11.2. The van der Waals surface area contributed by atoms with Gasteiger partial charge >= 0.3 is 5.97 Å². The van der Waals surface area contributed by atoms with E-state index in [2.05, 4.69) is 4.98 Å². The monoisotopic (exact) mass is 252 g/mol. The van der Waals surface area contributed by atoms with Crippen molar-refractivity contribution < 1.29 is 9.90 Å². The molecule has 90 valence electrons. The highest BCUT2D eigenvalue weighted by atomic mass is 35.5. The van der Waals surface area contributed by atoms with Crippen LogP contribution in [0.4, 0.5) is 0 Å². The van der Waals surface area contributed by atoms with Crippen LogP contribution in [0, 0.1) is 0 Å². The molecule has 0 aliphatic carbocycles. The van der Waals surface area contributed by atoms with E-state index < -0.39 is 5.97 Å². The second kappa shape index (κ2) is 4.39. The zero-order valence-corrected chi connectivity index (χ0v) is 10.1. The van der Waals surface area contributed by atoms with Crippen molar-refractivity contribution in [3.8, 4) is 0 Å². The van der Waals surface area contributed by atoms with Crippen LogP contribution >= 0.6 is 11.6 Å². The van der Waals surface area contributed by atoms with Gasteiger partial charge in [-0.15, -0.1) is 0 Å². The fourth-order valence-electron chi connectivity index (χ4n) is 1.94. The maximum Gasteiger partial charge on any atom is 0.352 e. The van der Waals surface area contributed by atoms with Gasteiger partial charge in [-0.25, -0.2) is 4.79 Å². The molecule has 0 fully saturated rings. The standard InChI is InChI=1S/C12H13ClN2O2/c1-6(14)4-9-8-5-7(13)2-3-10(8)15-11(9)12(16)17/h2-3,5-6,15H,4,14H2,1H3,(H,16,17). The molecule has 0 saturated carbocycles. The van der Waals surface area contributed by atoms with Crippen molar-refractivity contribution in [2.24, 2.45) is 5.73 Å². The van der Waals surface area contributed by atoms with Crippen molar-refractivity contribution in [2.45, 2.75) is 19.4 Å². The molecular formula is C12H13ClN2O2. The lowest BCUT2D eigenvalue weighted by Gasteiger charge is -2.05. The number of hydrogen-bond donors (Lipinski definition) is 3. The number of carboxylic acids is 1. The average molecular weight is 253 g/mol. The van der Waals surface area contributed by atoms with Crippen LogP contribution < -0.4 is 5.73 Å². The minimum absolute atomic E-state index is 0.105. The summed E-state index contributed by atoms with van der Waals surface area (Å²) in [6.07, 6.45) is 0.502. The van der Waals surface area contributed by atoms with Crippen LogP contribution in [0.25, 0.3) is 10.9 Å². The molecule has 4 N–H and O–H groups in total. The zero-order chi connectivity index (χ0) is 12.6. The van der Waals surface area contributed by atoms with Crippen LogP contribution in [0.5, 0.6) is 0 Å². The summed E-state index contributed by atoms with van der Waals surface area (Å²) in [6, 6.07) is 5.15. The summed E-state index contributed by atoms with van der Waals surface area (Å²) in [5.74, 6) is -0.979. The van der Waals surface area contributed by atoms with E-state index in [1.165, 1.54) is 0 Å². The van der Waals surface area contributed by atoms with Crippen LogP contribution in [-0.2, 0) is 6.42 Å². The Balaban J connectivity index is 2.68. The average Bonchev–Trinajstić information content (AvgIpc) is 2.56. The van der Waals surface area contributed by atoms with Gasteiger partial charge in [0.05, 0.1) is 0 Å². The molecule has 1 atom stereocenters. The highest BCUT2D eigenvalue weighted by Gasteiger charge is 2.17. The molecule has 0 bridgehead atoms. The van der Waals surface area contributed by atoms with Gasteiger partial charge in [0.1, 0.15) is 5.69 Å². The molecule has 0 radical (unpaired) electrons. The molecule has 0 amide bonds. The predicted molar refractivity (Wildman–Crippen MR) is 67.6 cm³/mol.